The molecule has 3 heterocycles. The number of benzene rings is 2. The Hall–Kier alpha value is -3.74. The van der Waals surface area contributed by atoms with E-state index in [4.69, 9.17) is 0 Å². The molecule has 7 heteroatoms. The van der Waals surface area contributed by atoms with Crippen LogP contribution < -0.4 is 5.32 Å². The molecule has 0 saturated carbocycles. The summed E-state index contributed by atoms with van der Waals surface area (Å²) in [4.78, 5) is 46.6. The molecule has 0 unspecified atom stereocenters. The van der Waals surface area contributed by atoms with Crippen molar-refractivity contribution in [3.8, 4) is 0 Å². The highest BCUT2D eigenvalue weighted by atomic mass is 16.2. The second-order valence-corrected chi connectivity index (χ2v) is 8.88. The minimum Gasteiger partial charge on any atom is -0.343 e. The summed E-state index contributed by atoms with van der Waals surface area (Å²) >= 11 is 0. The normalized spacial score (nSPS) is 17.2. The van der Waals surface area contributed by atoms with Crippen molar-refractivity contribution in [1.29, 1.82) is 0 Å². The van der Waals surface area contributed by atoms with E-state index in [-0.39, 0.29) is 24.1 Å². The lowest BCUT2D eigenvalue weighted by Gasteiger charge is -2.47. The molecule has 1 fully saturated rings. The third-order valence-electron chi connectivity index (χ3n) is 6.94. The zero-order chi connectivity index (χ0) is 23.0. The standard InChI is InChI=1S/C26H26N4O3/c1-18(31)29-14-11-26(12-15-29,30-17-19-6-2-3-7-20(19)25(30)33)16-24(32)28-23-10-4-9-22-21(23)8-5-13-27-22/h2-10,13H,11-12,14-17H2,1H3,(H,28,32). The van der Waals surface area contributed by atoms with Crippen LogP contribution in [-0.4, -0.2) is 51.1 Å². The Morgan fingerprint density at radius 2 is 1.82 bits per heavy atom. The van der Waals surface area contributed by atoms with Gasteiger partial charge in [0.2, 0.25) is 11.8 Å². The molecule has 3 aromatic rings. The van der Waals surface area contributed by atoms with Crippen LogP contribution in [0.4, 0.5) is 5.69 Å². The first kappa shape index (κ1) is 21.1. The van der Waals surface area contributed by atoms with E-state index >= 15 is 0 Å². The van der Waals surface area contributed by atoms with E-state index in [0.29, 0.717) is 43.7 Å². The van der Waals surface area contributed by atoms with Gasteiger partial charge in [-0.3, -0.25) is 19.4 Å². The Morgan fingerprint density at radius 3 is 2.58 bits per heavy atom. The predicted octanol–water partition coefficient (Wildman–Crippen LogP) is 3.60. The molecule has 0 atom stereocenters. The molecule has 1 aromatic heterocycles. The van der Waals surface area contributed by atoms with Crippen LogP contribution in [0.5, 0.6) is 0 Å². The minimum absolute atomic E-state index is 0.0207. The van der Waals surface area contributed by atoms with Crippen LogP contribution in [0.15, 0.2) is 60.8 Å². The Morgan fingerprint density at radius 1 is 1.03 bits per heavy atom. The summed E-state index contributed by atoms with van der Waals surface area (Å²) in [6.07, 6.45) is 3.03. The van der Waals surface area contributed by atoms with Crippen molar-refractivity contribution in [2.75, 3.05) is 18.4 Å². The Bertz CT molecular complexity index is 1240. The van der Waals surface area contributed by atoms with Crippen LogP contribution in [0.2, 0.25) is 0 Å². The van der Waals surface area contributed by atoms with Crippen molar-refractivity contribution in [3.05, 3.63) is 71.9 Å². The number of pyridine rings is 1. The first-order valence-electron chi connectivity index (χ1n) is 11.3. The molecular formula is C26H26N4O3. The first-order chi connectivity index (χ1) is 16.0. The van der Waals surface area contributed by atoms with Crippen molar-refractivity contribution in [1.82, 2.24) is 14.8 Å². The van der Waals surface area contributed by atoms with E-state index < -0.39 is 5.54 Å². The Balaban J connectivity index is 1.42. The van der Waals surface area contributed by atoms with Gasteiger partial charge < -0.3 is 15.1 Å². The Labute approximate surface area is 192 Å². The number of hydrogen-bond acceptors (Lipinski definition) is 4. The average Bonchev–Trinajstić information content (AvgIpc) is 3.17. The number of amides is 3. The quantitative estimate of drug-likeness (QED) is 0.669. The summed E-state index contributed by atoms with van der Waals surface area (Å²) in [5, 5.41) is 3.93. The second-order valence-electron chi connectivity index (χ2n) is 8.88. The molecule has 2 aromatic carbocycles. The van der Waals surface area contributed by atoms with Gasteiger partial charge in [-0.2, -0.15) is 0 Å². The molecule has 0 bridgehead atoms. The topological polar surface area (TPSA) is 82.6 Å². The molecule has 2 aliphatic heterocycles. The summed E-state index contributed by atoms with van der Waals surface area (Å²) in [5.74, 6) is -0.164. The highest BCUT2D eigenvalue weighted by Gasteiger charge is 2.47. The number of nitrogens with zero attached hydrogens (tertiary/aromatic N) is 3. The fourth-order valence-electron chi connectivity index (χ4n) is 5.12. The van der Waals surface area contributed by atoms with Gasteiger partial charge in [0.05, 0.1) is 23.2 Å². The van der Waals surface area contributed by atoms with Gasteiger partial charge in [0.15, 0.2) is 0 Å². The minimum atomic E-state index is -0.644. The van der Waals surface area contributed by atoms with Crippen molar-refractivity contribution < 1.29 is 14.4 Å². The third kappa shape index (κ3) is 3.84. The van der Waals surface area contributed by atoms with Gasteiger partial charge in [0, 0.05) is 43.7 Å². The zero-order valence-electron chi connectivity index (χ0n) is 18.6. The first-order valence-corrected chi connectivity index (χ1v) is 11.3. The van der Waals surface area contributed by atoms with E-state index in [9.17, 15) is 14.4 Å². The van der Waals surface area contributed by atoms with Crippen molar-refractivity contribution in [2.24, 2.45) is 0 Å². The number of nitrogens with one attached hydrogen (secondary N) is 1. The molecule has 0 spiro atoms. The van der Waals surface area contributed by atoms with Crippen molar-refractivity contribution in [3.63, 3.8) is 0 Å². The summed E-state index contributed by atoms with van der Waals surface area (Å²) in [7, 11) is 0. The number of carbonyl (C=O) groups is 3. The number of rotatable bonds is 4. The highest BCUT2D eigenvalue weighted by Crippen LogP contribution is 2.39. The van der Waals surface area contributed by atoms with Gasteiger partial charge in [-0.25, -0.2) is 0 Å². The molecule has 0 aliphatic carbocycles. The van der Waals surface area contributed by atoms with Crippen LogP contribution in [0.1, 0.15) is 42.1 Å². The van der Waals surface area contributed by atoms with Gasteiger partial charge in [-0.15, -0.1) is 0 Å². The molecule has 0 radical (unpaired) electrons. The monoisotopic (exact) mass is 442 g/mol. The van der Waals surface area contributed by atoms with Gasteiger partial charge in [-0.05, 0) is 48.7 Å². The number of likely N-dealkylation sites (tertiary alicyclic amines) is 1. The van der Waals surface area contributed by atoms with Crippen LogP contribution in [0, 0.1) is 0 Å². The van der Waals surface area contributed by atoms with E-state index in [1.807, 2.05) is 59.5 Å². The zero-order valence-corrected chi connectivity index (χ0v) is 18.6. The second kappa shape index (κ2) is 8.31. The predicted molar refractivity (Wildman–Crippen MR) is 126 cm³/mol. The van der Waals surface area contributed by atoms with Crippen LogP contribution >= 0.6 is 0 Å². The number of anilines is 1. The largest absolute Gasteiger partial charge is 0.343 e. The molecule has 2 aliphatic rings. The summed E-state index contributed by atoms with van der Waals surface area (Å²) < 4.78 is 0. The molecule has 7 nitrogen and oxygen atoms in total. The SMILES string of the molecule is CC(=O)N1CCC(CC(=O)Nc2cccc3ncccc23)(N2Cc3ccccc3C2=O)CC1. The number of carbonyl (C=O) groups excluding carboxylic acids is 3. The maximum atomic E-state index is 13.3. The lowest BCUT2D eigenvalue weighted by Crippen LogP contribution is -2.57. The number of piperidine rings is 1. The molecular weight excluding hydrogens is 416 g/mol. The smallest absolute Gasteiger partial charge is 0.254 e. The van der Waals surface area contributed by atoms with Crippen molar-refractivity contribution >= 4 is 34.3 Å². The number of hydrogen-bond donors (Lipinski definition) is 1. The van der Waals surface area contributed by atoms with Crippen LogP contribution in [-0.2, 0) is 16.1 Å². The number of fused-ring (bicyclic) bond motifs is 2. The summed E-state index contributed by atoms with van der Waals surface area (Å²) in [6, 6.07) is 17.0. The van der Waals surface area contributed by atoms with Crippen molar-refractivity contribution in [2.45, 2.75) is 38.3 Å². The lowest BCUT2D eigenvalue weighted by atomic mass is 9.82. The van der Waals surface area contributed by atoms with Gasteiger partial charge in [-0.1, -0.05) is 24.3 Å². The van der Waals surface area contributed by atoms with E-state index in [2.05, 4.69) is 10.3 Å². The summed E-state index contributed by atoms with van der Waals surface area (Å²) in [5.41, 5.74) is 2.56. The average molecular weight is 443 g/mol. The van der Waals surface area contributed by atoms with E-state index in [0.717, 1.165) is 16.5 Å². The molecule has 168 valence electrons. The van der Waals surface area contributed by atoms with Gasteiger partial charge in [0.1, 0.15) is 0 Å². The molecule has 5 rings (SSSR count). The molecule has 1 N–H and O–H groups in total. The maximum absolute atomic E-state index is 13.3. The molecule has 3 amide bonds. The fourth-order valence-corrected chi connectivity index (χ4v) is 5.12. The highest BCUT2D eigenvalue weighted by molar-refractivity contribution is 6.02. The third-order valence-corrected chi connectivity index (χ3v) is 6.94. The number of aromatic nitrogens is 1. The van der Waals surface area contributed by atoms with E-state index in [1.165, 1.54) is 0 Å². The van der Waals surface area contributed by atoms with Gasteiger partial charge >= 0.3 is 0 Å². The molecule has 1 saturated heterocycles. The van der Waals surface area contributed by atoms with Gasteiger partial charge in [0.25, 0.3) is 5.91 Å². The van der Waals surface area contributed by atoms with E-state index in [1.54, 1.807) is 18.0 Å². The Kier molecular flexibility index (Phi) is 5.32. The molecule has 33 heavy (non-hydrogen) atoms. The lowest BCUT2D eigenvalue weighted by molar-refractivity contribution is -0.131. The van der Waals surface area contributed by atoms with Crippen LogP contribution in [0.25, 0.3) is 10.9 Å². The van der Waals surface area contributed by atoms with Crippen LogP contribution in [0.3, 0.4) is 0 Å². The fraction of sp³-hybridized carbons (Fsp3) is 0.308. The summed E-state index contributed by atoms with van der Waals surface area (Å²) in [6.45, 7) is 3.10. The maximum Gasteiger partial charge on any atom is 0.254 e.